The van der Waals surface area contributed by atoms with E-state index in [0.717, 1.165) is 19.3 Å². The van der Waals surface area contributed by atoms with E-state index in [0.29, 0.717) is 18.4 Å². The van der Waals surface area contributed by atoms with Crippen molar-refractivity contribution < 1.29 is 9.50 Å². The summed E-state index contributed by atoms with van der Waals surface area (Å²) in [7, 11) is 0. The molecule has 0 amide bonds. The highest BCUT2D eigenvalue weighted by Crippen LogP contribution is 2.31. The molecule has 0 spiro atoms. The van der Waals surface area contributed by atoms with Gasteiger partial charge in [0.25, 0.3) is 0 Å². The van der Waals surface area contributed by atoms with Gasteiger partial charge in [-0.3, -0.25) is 4.98 Å². The second-order valence-electron chi connectivity index (χ2n) is 3.64. The van der Waals surface area contributed by atoms with Crippen LogP contribution in [0, 0.1) is 5.82 Å². The molecule has 3 nitrogen and oxygen atoms in total. The Kier molecular flexibility index (Phi) is 2.48. The van der Waals surface area contributed by atoms with Crippen molar-refractivity contribution in [1.29, 1.82) is 0 Å². The molecule has 1 fully saturated rings. The van der Waals surface area contributed by atoms with Crippen LogP contribution in [0.2, 0.25) is 0 Å². The van der Waals surface area contributed by atoms with Crippen LogP contribution in [0.3, 0.4) is 0 Å². The molecule has 0 atom stereocenters. The van der Waals surface area contributed by atoms with Crippen LogP contribution >= 0.6 is 0 Å². The van der Waals surface area contributed by atoms with E-state index in [1.807, 2.05) is 0 Å². The SMILES string of the molecule is OC1(c2ccncc2F)CCNCC1. The van der Waals surface area contributed by atoms with Crippen LogP contribution in [-0.2, 0) is 5.60 Å². The van der Waals surface area contributed by atoms with E-state index in [2.05, 4.69) is 10.3 Å². The number of pyridine rings is 1. The van der Waals surface area contributed by atoms with Crippen molar-refractivity contribution in [3.05, 3.63) is 29.8 Å². The number of aromatic nitrogens is 1. The third-order valence-corrected chi connectivity index (χ3v) is 2.70. The monoisotopic (exact) mass is 196 g/mol. The Balaban J connectivity index is 2.32. The lowest BCUT2D eigenvalue weighted by Crippen LogP contribution is -2.40. The average molecular weight is 196 g/mol. The fraction of sp³-hybridized carbons (Fsp3) is 0.500. The van der Waals surface area contributed by atoms with Gasteiger partial charge in [0.1, 0.15) is 5.82 Å². The Morgan fingerprint density at radius 1 is 1.43 bits per heavy atom. The predicted octanol–water partition coefficient (Wildman–Crippen LogP) is 0.792. The van der Waals surface area contributed by atoms with Crippen LogP contribution in [-0.4, -0.2) is 23.2 Å². The summed E-state index contributed by atoms with van der Waals surface area (Å²) in [6.07, 6.45) is 3.76. The third-order valence-electron chi connectivity index (χ3n) is 2.70. The van der Waals surface area contributed by atoms with Crippen molar-refractivity contribution in [1.82, 2.24) is 10.3 Å². The van der Waals surface area contributed by atoms with Gasteiger partial charge in [0.2, 0.25) is 0 Å². The van der Waals surface area contributed by atoms with Crippen molar-refractivity contribution >= 4 is 0 Å². The molecule has 0 radical (unpaired) electrons. The fourth-order valence-corrected chi connectivity index (χ4v) is 1.86. The maximum Gasteiger partial charge on any atom is 0.147 e. The number of aliphatic hydroxyl groups is 1. The van der Waals surface area contributed by atoms with Crippen LogP contribution in [0.25, 0.3) is 0 Å². The molecule has 0 aliphatic carbocycles. The van der Waals surface area contributed by atoms with E-state index in [-0.39, 0.29) is 0 Å². The number of nitrogens with zero attached hydrogens (tertiary/aromatic N) is 1. The molecule has 2 heterocycles. The molecular formula is C10H13FN2O. The van der Waals surface area contributed by atoms with Crippen LogP contribution in [0.1, 0.15) is 18.4 Å². The molecule has 0 saturated carbocycles. The zero-order valence-electron chi connectivity index (χ0n) is 7.83. The summed E-state index contributed by atoms with van der Waals surface area (Å²) >= 11 is 0. The van der Waals surface area contributed by atoms with Gasteiger partial charge in [-0.2, -0.15) is 0 Å². The molecular weight excluding hydrogens is 183 g/mol. The Labute approximate surface area is 82.0 Å². The molecule has 0 bridgehead atoms. The van der Waals surface area contributed by atoms with Crippen LogP contribution < -0.4 is 5.32 Å². The Bertz CT molecular complexity index is 324. The van der Waals surface area contributed by atoms with Gasteiger partial charge in [-0.15, -0.1) is 0 Å². The Morgan fingerprint density at radius 2 is 2.14 bits per heavy atom. The minimum atomic E-state index is -1.02. The van der Waals surface area contributed by atoms with Gasteiger partial charge in [0, 0.05) is 11.8 Å². The Hall–Kier alpha value is -1.00. The molecule has 1 aromatic rings. The molecule has 1 aromatic heterocycles. The van der Waals surface area contributed by atoms with E-state index in [1.54, 1.807) is 6.07 Å². The smallest absolute Gasteiger partial charge is 0.147 e. The first kappa shape index (κ1) is 9.55. The third kappa shape index (κ3) is 1.63. The number of halogens is 1. The number of piperidine rings is 1. The van der Waals surface area contributed by atoms with Crippen molar-refractivity contribution in [2.75, 3.05) is 13.1 Å². The van der Waals surface area contributed by atoms with Crippen LogP contribution in [0.4, 0.5) is 4.39 Å². The number of rotatable bonds is 1. The molecule has 14 heavy (non-hydrogen) atoms. The normalized spacial score (nSPS) is 20.7. The molecule has 1 aliphatic rings. The Morgan fingerprint density at radius 3 is 2.79 bits per heavy atom. The minimum Gasteiger partial charge on any atom is -0.385 e. The molecule has 1 aliphatic heterocycles. The lowest BCUT2D eigenvalue weighted by atomic mass is 9.85. The summed E-state index contributed by atoms with van der Waals surface area (Å²) in [5, 5.41) is 13.3. The molecule has 0 aromatic carbocycles. The van der Waals surface area contributed by atoms with Crippen molar-refractivity contribution in [2.45, 2.75) is 18.4 Å². The molecule has 4 heteroatoms. The average Bonchev–Trinajstić information content (AvgIpc) is 2.19. The predicted molar refractivity (Wildman–Crippen MR) is 50.2 cm³/mol. The maximum absolute atomic E-state index is 13.4. The molecule has 2 N–H and O–H groups in total. The van der Waals surface area contributed by atoms with Gasteiger partial charge >= 0.3 is 0 Å². The summed E-state index contributed by atoms with van der Waals surface area (Å²) in [6.45, 7) is 1.44. The lowest BCUT2D eigenvalue weighted by molar-refractivity contribution is 0.00264. The second kappa shape index (κ2) is 3.63. The summed E-state index contributed by atoms with van der Waals surface area (Å²) in [6, 6.07) is 1.56. The zero-order chi connectivity index (χ0) is 10.0. The van der Waals surface area contributed by atoms with Gasteiger partial charge in [-0.25, -0.2) is 4.39 Å². The van der Waals surface area contributed by atoms with Gasteiger partial charge in [-0.05, 0) is 32.0 Å². The van der Waals surface area contributed by atoms with E-state index in [9.17, 15) is 9.50 Å². The quantitative estimate of drug-likeness (QED) is 0.698. The first-order chi connectivity index (χ1) is 6.72. The van der Waals surface area contributed by atoms with Gasteiger partial charge in [0.05, 0.1) is 11.8 Å². The van der Waals surface area contributed by atoms with E-state index in [1.165, 1.54) is 6.20 Å². The standard InChI is InChI=1S/C10H13FN2O/c11-9-7-13-4-1-8(9)10(14)2-5-12-6-3-10/h1,4,7,12,14H,2-3,5-6H2. The minimum absolute atomic E-state index is 0.369. The van der Waals surface area contributed by atoms with Gasteiger partial charge in [-0.1, -0.05) is 0 Å². The zero-order valence-corrected chi connectivity index (χ0v) is 7.83. The maximum atomic E-state index is 13.4. The lowest BCUT2D eigenvalue weighted by Gasteiger charge is -2.32. The molecule has 76 valence electrons. The van der Waals surface area contributed by atoms with E-state index >= 15 is 0 Å². The van der Waals surface area contributed by atoms with Gasteiger partial charge < -0.3 is 10.4 Å². The van der Waals surface area contributed by atoms with E-state index in [4.69, 9.17) is 0 Å². The summed E-state index contributed by atoms with van der Waals surface area (Å²) in [5.41, 5.74) is -0.646. The highest BCUT2D eigenvalue weighted by molar-refractivity contribution is 5.21. The van der Waals surface area contributed by atoms with Crippen molar-refractivity contribution in [2.24, 2.45) is 0 Å². The molecule has 0 unspecified atom stereocenters. The van der Waals surface area contributed by atoms with Crippen LogP contribution in [0.5, 0.6) is 0 Å². The van der Waals surface area contributed by atoms with E-state index < -0.39 is 11.4 Å². The van der Waals surface area contributed by atoms with Crippen molar-refractivity contribution in [3.63, 3.8) is 0 Å². The van der Waals surface area contributed by atoms with Crippen LogP contribution in [0.15, 0.2) is 18.5 Å². The van der Waals surface area contributed by atoms with Crippen molar-refractivity contribution in [3.8, 4) is 0 Å². The highest BCUT2D eigenvalue weighted by Gasteiger charge is 2.33. The topological polar surface area (TPSA) is 45.2 Å². The largest absolute Gasteiger partial charge is 0.385 e. The first-order valence-corrected chi connectivity index (χ1v) is 4.75. The molecule has 1 saturated heterocycles. The second-order valence-corrected chi connectivity index (χ2v) is 3.64. The number of hydrogen-bond donors (Lipinski definition) is 2. The van der Waals surface area contributed by atoms with Gasteiger partial charge in [0.15, 0.2) is 0 Å². The first-order valence-electron chi connectivity index (χ1n) is 4.75. The molecule has 2 rings (SSSR count). The number of hydrogen-bond acceptors (Lipinski definition) is 3. The number of nitrogens with one attached hydrogen (secondary N) is 1. The summed E-state index contributed by atoms with van der Waals surface area (Å²) in [5.74, 6) is -0.420. The highest BCUT2D eigenvalue weighted by atomic mass is 19.1. The summed E-state index contributed by atoms with van der Waals surface area (Å²) in [4.78, 5) is 3.67. The summed E-state index contributed by atoms with van der Waals surface area (Å²) < 4.78 is 13.4. The fourth-order valence-electron chi connectivity index (χ4n) is 1.86.